The van der Waals surface area contributed by atoms with Crippen molar-refractivity contribution in [1.82, 2.24) is 10.4 Å². The Labute approximate surface area is 184 Å². The van der Waals surface area contributed by atoms with Gasteiger partial charge in [0.1, 0.15) is 6.17 Å². The average molecular weight is 435 g/mol. The van der Waals surface area contributed by atoms with Crippen molar-refractivity contribution in [3.8, 4) is 11.5 Å². The first-order valence-corrected chi connectivity index (χ1v) is 11.6. The molecule has 3 aliphatic rings. The van der Waals surface area contributed by atoms with Crippen molar-refractivity contribution in [3.63, 3.8) is 0 Å². The van der Waals surface area contributed by atoms with Crippen molar-refractivity contribution in [2.45, 2.75) is 63.8 Å². The van der Waals surface area contributed by atoms with Gasteiger partial charge in [-0.2, -0.15) is 5.48 Å². The third-order valence-corrected chi connectivity index (χ3v) is 7.18. The molecule has 1 aliphatic carbocycles. The Morgan fingerprint density at radius 1 is 1.23 bits per heavy atom. The van der Waals surface area contributed by atoms with E-state index < -0.39 is 6.17 Å². The molecule has 2 aliphatic heterocycles. The number of halogens is 1. The minimum atomic E-state index is -0.696. The molecule has 1 aromatic rings. The lowest BCUT2D eigenvalue weighted by molar-refractivity contribution is -0.0136. The summed E-state index contributed by atoms with van der Waals surface area (Å²) in [5.41, 5.74) is 3.88. The Balaban J connectivity index is 1.17. The van der Waals surface area contributed by atoms with Crippen molar-refractivity contribution < 1.29 is 23.5 Å². The number of nitrogens with zero attached hydrogens (tertiary/aromatic N) is 1. The fourth-order valence-electron chi connectivity index (χ4n) is 5.36. The van der Waals surface area contributed by atoms with Gasteiger partial charge in [0.25, 0.3) is 0 Å². The third kappa shape index (κ3) is 5.38. The topological polar surface area (TPSA) is 60.0 Å². The van der Waals surface area contributed by atoms with Gasteiger partial charge in [-0.3, -0.25) is 9.63 Å². The summed E-state index contributed by atoms with van der Waals surface area (Å²) in [6.07, 6.45) is 4.80. The Bertz CT molecular complexity index is 753. The first-order chi connectivity index (χ1) is 15.0. The molecule has 7 heteroatoms. The molecule has 4 rings (SSSR count). The summed E-state index contributed by atoms with van der Waals surface area (Å²) in [7, 11) is 1.59. The molecular weight excluding hydrogens is 399 g/mol. The summed E-state index contributed by atoms with van der Waals surface area (Å²) < 4.78 is 24.9. The van der Waals surface area contributed by atoms with Gasteiger partial charge in [-0.15, -0.1) is 0 Å². The van der Waals surface area contributed by atoms with Gasteiger partial charge in [0, 0.05) is 30.5 Å². The van der Waals surface area contributed by atoms with Crippen molar-refractivity contribution in [3.05, 3.63) is 23.8 Å². The number of benzene rings is 1. The summed E-state index contributed by atoms with van der Waals surface area (Å²) in [6.45, 7) is 5.33. The maximum Gasteiger partial charge on any atom is 0.161 e. The summed E-state index contributed by atoms with van der Waals surface area (Å²) >= 11 is 0. The molecular formula is C24H35FN2O4. The van der Waals surface area contributed by atoms with Gasteiger partial charge in [-0.05, 0) is 76.2 Å². The van der Waals surface area contributed by atoms with Gasteiger partial charge in [0.05, 0.1) is 19.8 Å². The zero-order chi connectivity index (χ0) is 21.8. The first kappa shape index (κ1) is 22.5. The lowest BCUT2D eigenvalue weighted by Crippen LogP contribution is -2.44. The third-order valence-electron chi connectivity index (χ3n) is 7.18. The van der Waals surface area contributed by atoms with Gasteiger partial charge in [-0.25, -0.2) is 4.39 Å². The van der Waals surface area contributed by atoms with Crippen LogP contribution in [0.15, 0.2) is 18.2 Å². The largest absolute Gasteiger partial charge is 0.493 e. The number of fused-ring (bicyclic) bond motifs is 1. The van der Waals surface area contributed by atoms with E-state index >= 15 is 0 Å². The average Bonchev–Trinajstić information content (AvgIpc) is 3.20. The number of alkyl halides is 1. The highest BCUT2D eigenvalue weighted by atomic mass is 19.1. The van der Waals surface area contributed by atoms with E-state index in [1.165, 1.54) is 0 Å². The number of carbonyl (C=O) groups excluding carboxylic acids is 1. The quantitative estimate of drug-likeness (QED) is 0.496. The van der Waals surface area contributed by atoms with E-state index in [0.29, 0.717) is 54.4 Å². The monoisotopic (exact) mass is 434 g/mol. The molecule has 4 unspecified atom stereocenters. The van der Waals surface area contributed by atoms with Gasteiger partial charge in [0.15, 0.2) is 17.3 Å². The summed E-state index contributed by atoms with van der Waals surface area (Å²) in [5, 5.41) is 0. The standard InChI is InChI=1S/C24H35FN2O4/c1-16(28)18-4-7-21(23(14-18)29-2)30-13-3-10-27-11-8-17(9-12-27)24-20-6-5-19(25)15-22(20)31-26-24/h4,7,14,17,19-20,22,24,26H,3,5-6,8-13,15H2,1-2H3. The number of Topliss-reactive ketones (excluding diaryl/α,β-unsaturated/α-hetero) is 1. The molecule has 0 aromatic heterocycles. The fourth-order valence-corrected chi connectivity index (χ4v) is 5.36. The van der Waals surface area contributed by atoms with Crippen LogP contribution in [0.5, 0.6) is 11.5 Å². The van der Waals surface area contributed by atoms with Gasteiger partial charge in [-0.1, -0.05) is 0 Å². The second kappa shape index (κ2) is 10.3. The molecule has 6 nitrogen and oxygen atoms in total. The first-order valence-electron chi connectivity index (χ1n) is 11.6. The number of hydrogen-bond donors (Lipinski definition) is 1. The van der Waals surface area contributed by atoms with Crippen molar-refractivity contribution in [2.24, 2.45) is 11.8 Å². The molecule has 172 valence electrons. The Kier molecular flexibility index (Phi) is 7.46. The molecule has 0 bridgehead atoms. The summed E-state index contributed by atoms with van der Waals surface area (Å²) in [4.78, 5) is 19.8. The predicted molar refractivity (Wildman–Crippen MR) is 116 cm³/mol. The number of hydrogen-bond acceptors (Lipinski definition) is 6. The van der Waals surface area contributed by atoms with Gasteiger partial charge >= 0.3 is 0 Å². The number of ether oxygens (including phenoxy) is 2. The predicted octanol–water partition coefficient (Wildman–Crippen LogP) is 3.79. The van der Waals surface area contributed by atoms with Crippen LogP contribution in [0.4, 0.5) is 4.39 Å². The molecule has 1 N–H and O–H groups in total. The zero-order valence-electron chi connectivity index (χ0n) is 18.6. The number of carbonyl (C=O) groups is 1. The minimum Gasteiger partial charge on any atom is -0.493 e. The smallest absolute Gasteiger partial charge is 0.161 e. The van der Waals surface area contributed by atoms with Gasteiger partial charge < -0.3 is 14.4 Å². The number of rotatable bonds is 8. The molecule has 1 aromatic carbocycles. The van der Waals surface area contributed by atoms with E-state index in [-0.39, 0.29) is 11.9 Å². The van der Waals surface area contributed by atoms with Crippen LogP contribution in [0.25, 0.3) is 0 Å². The van der Waals surface area contributed by atoms with Crippen LogP contribution >= 0.6 is 0 Å². The molecule has 2 heterocycles. The molecule has 31 heavy (non-hydrogen) atoms. The minimum absolute atomic E-state index is 0.0123. The number of hydroxylamine groups is 1. The van der Waals surface area contributed by atoms with E-state index in [0.717, 1.165) is 45.3 Å². The SMILES string of the molecule is COc1cc(C(C)=O)ccc1OCCCN1CCC(C2NOC3CC(F)CCC32)CC1. The summed E-state index contributed by atoms with van der Waals surface area (Å²) in [6, 6.07) is 5.69. The summed E-state index contributed by atoms with van der Waals surface area (Å²) in [5.74, 6) is 2.37. The fraction of sp³-hybridized carbons (Fsp3) is 0.708. The number of ketones is 1. The second-order valence-electron chi connectivity index (χ2n) is 9.18. The molecule has 0 radical (unpaired) electrons. The lowest BCUT2D eigenvalue weighted by Gasteiger charge is -2.37. The van der Waals surface area contributed by atoms with Crippen LogP contribution in [-0.4, -0.2) is 62.4 Å². The van der Waals surface area contributed by atoms with Crippen LogP contribution in [0.3, 0.4) is 0 Å². The molecule has 1 saturated carbocycles. The lowest BCUT2D eigenvalue weighted by atomic mass is 9.75. The van der Waals surface area contributed by atoms with Crippen molar-refractivity contribution >= 4 is 5.78 Å². The van der Waals surface area contributed by atoms with Crippen LogP contribution in [0, 0.1) is 11.8 Å². The molecule has 3 fully saturated rings. The van der Waals surface area contributed by atoms with Crippen molar-refractivity contribution in [1.29, 1.82) is 0 Å². The Morgan fingerprint density at radius 2 is 2.03 bits per heavy atom. The Morgan fingerprint density at radius 3 is 2.77 bits per heavy atom. The number of likely N-dealkylation sites (tertiary alicyclic amines) is 1. The molecule has 2 saturated heterocycles. The zero-order valence-corrected chi connectivity index (χ0v) is 18.6. The van der Waals surface area contributed by atoms with E-state index in [1.54, 1.807) is 32.2 Å². The van der Waals surface area contributed by atoms with E-state index in [9.17, 15) is 9.18 Å². The van der Waals surface area contributed by atoms with Crippen LogP contribution in [-0.2, 0) is 4.84 Å². The highest BCUT2D eigenvalue weighted by molar-refractivity contribution is 5.94. The number of nitrogens with one attached hydrogen (secondary N) is 1. The van der Waals surface area contributed by atoms with E-state index in [1.807, 2.05) is 0 Å². The van der Waals surface area contributed by atoms with Crippen LogP contribution in [0.2, 0.25) is 0 Å². The maximum atomic E-state index is 13.6. The molecule has 4 atom stereocenters. The second-order valence-corrected chi connectivity index (χ2v) is 9.18. The molecule has 0 spiro atoms. The highest BCUT2D eigenvalue weighted by Crippen LogP contribution is 2.39. The number of piperidine rings is 1. The van der Waals surface area contributed by atoms with Gasteiger partial charge in [0.2, 0.25) is 0 Å². The maximum absolute atomic E-state index is 13.6. The normalized spacial score (nSPS) is 29.5. The molecule has 0 amide bonds. The highest BCUT2D eigenvalue weighted by Gasteiger charge is 2.45. The van der Waals surface area contributed by atoms with E-state index in [2.05, 4.69) is 10.4 Å². The van der Waals surface area contributed by atoms with Crippen LogP contribution in [0.1, 0.15) is 55.8 Å². The van der Waals surface area contributed by atoms with Crippen LogP contribution < -0.4 is 15.0 Å². The van der Waals surface area contributed by atoms with Crippen molar-refractivity contribution in [2.75, 3.05) is 33.4 Å². The Hall–Kier alpha value is -1.70. The van der Waals surface area contributed by atoms with E-state index in [4.69, 9.17) is 14.3 Å². The number of methoxy groups -OCH3 is 1.